The summed E-state index contributed by atoms with van der Waals surface area (Å²) in [6.45, 7) is 0. The molecule has 0 heterocycles. The lowest BCUT2D eigenvalue weighted by Crippen LogP contribution is -2.13. The maximum absolute atomic E-state index is 13.1. The minimum absolute atomic E-state index is 0.521. The first-order valence-corrected chi connectivity index (χ1v) is 6.48. The molecule has 0 saturated heterocycles. The van der Waals surface area contributed by atoms with Crippen LogP contribution in [-0.2, 0) is 12.4 Å². The summed E-state index contributed by atoms with van der Waals surface area (Å²) in [6.07, 6.45) is -9.72. The van der Waals surface area contributed by atoms with Crippen molar-refractivity contribution in [3.8, 4) is 11.1 Å². The smallest absolute Gasteiger partial charge is 0.276 e. The molecule has 2 aromatic rings. The predicted octanol–water partition coefficient (Wildman–Crippen LogP) is 5.77. The molecule has 0 aliphatic rings. The van der Waals surface area contributed by atoms with Gasteiger partial charge in [0.25, 0.3) is 5.24 Å². The molecular formula is C15H7ClF6O. The van der Waals surface area contributed by atoms with E-state index in [1.54, 1.807) is 0 Å². The Kier molecular flexibility index (Phi) is 4.43. The van der Waals surface area contributed by atoms with Crippen molar-refractivity contribution in [2.75, 3.05) is 0 Å². The first kappa shape index (κ1) is 17.3. The summed E-state index contributed by atoms with van der Waals surface area (Å²) in [6, 6.07) is 6.55. The highest BCUT2D eigenvalue weighted by atomic mass is 35.5. The maximum Gasteiger partial charge on any atom is 0.417 e. The summed E-state index contributed by atoms with van der Waals surface area (Å²) < 4.78 is 78.2. The first-order chi connectivity index (χ1) is 10.5. The molecule has 2 rings (SSSR count). The largest absolute Gasteiger partial charge is 0.417 e. The highest BCUT2D eigenvalue weighted by Gasteiger charge is 2.38. The van der Waals surface area contributed by atoms with Crippen molar-refractivity contribution in [3.05, 3.63) is 59.2 Å². The van der Waals surface area contributed by atoms with E-state index in [1.807, 2.05) is 0 Å². The second kappa shape index (κ2) is 5.88. The quantitative estimate of drug-likeness (QED) is 0.495. The third kappa shape index (κ3) is 3.50. The molecule has 0 aromatic heterocycles. The van der Waals surface area contributed by atoms with Crippen LogP contribution in [0, 0.1) is 0 Å². The van der Waals surface area contributed by atoms with E-state index in [2.05, 4.69) is 0 Å². The summed E-state index contributed by atoms with van der Waals surface area (Å²) in [4.78, 5) is 11.5. The Hall–Kier alpha value is -2.02. The monoisotopic (exact) mass is 352 g/mol. The molecule has 0 N–H and O–H groups in total. The average molecular weight is 353 g/mol. The lowest BCUT2D eigenvalue weighted by Gasteiger charge is -2.17. The van der Waals surface area contributed by atoms with Crippen LogP contribution in [0.5, 0.6) is 0 Å². The van der Waals surface area contributed by atoms with Crippen LogP contribution < -0.4 is 0 Å². The van der Waals surface area contributed by atoms with Gasteiger partial charge in [0.2, 0.25) is 0 Å². The van der Waals surface area contributed by atoms with E-state index in [0.717, 1.165) is 30.3 Å². The zero-order valence-electron chi connectivity index (χ0n) is 11.1. The highest BCUT2D eigenvalue weighted by molar-refractivity contribution is 6.68. The SMILES string of the molecule is O=C(Cl)c1c(-c2ccccc2C(F)(F)F)cccc1C(F)(F)F. The Balaban J connectivity index is 2.84. The zero-order chi connectivity index (χ0) is 17.4. The molecule has 0 aliphatic heterocycles. The number of alkyl halides is 6. The molecule has 0 unspecified atom stereocenters. The number of hydrogen-bond donors (Lipinski definition) is 0. The Morgan fingerprint density at radius 2 is 1.22 bits per heavy atom. The van der Waals surface area contributed by atoms with Gasteiger partial charge in [-0.05, 0) is 34.9 Å². The molecule has 0 radical (unpaired) electrons. The Bertz CT molecular complexity index is 748. The number of rotatable bonds is 2. The van der Waals surface area contributed by atoms with Gasteiger partial charge in [-0.2, -0.15) is 26.3 Å². The van der Waals surface area contributed by atoms with Gasteiger partial charge >= 0.3 is 12.4 Å². The zero-order valence-corrected chi connectivity index (χ0v) is 11.9. The second-order valence-corrected chi connectivity index (χ2v) is 4.89. The molecule has 0 atom stereocenters. The highest BCUT2D eigenvalue weighted by Crippen LogP contribution is 2.42. The van der Waals surface area contributed by atoms with Gasteiger partial charge in [0.1, 0.15) is 0 Å². The lowest BCUT2D eigenvalue weighted by molar-refractivity contribution is -0.138. The van der Waals surface area contributed by atoms with Crippen molar-refractivity contribution in [2.45, 2.75) is 12.4 Å². The van der Waals surface area contributed by atoms with E-state index in [1.165, 1.54) is 6.07 Å². The minimum atomic E-state index is -4.93. The summed E-state index contributed by atoms with van der Waals surface area (Å²) in [5.41, 5.74) is -4.60. The molecule has 1 nitrogen and oxygen atoms in total. The van der Waals surface area contributed by atoms with E-state index in [4.69, 9.17) is 11.6 Å². The van der Waals surface area contributed by atoms with Crippen LogP contribution in [0.25, 0.3) is 11.1 Å². The van der Waals surface area contributed by atoms with Gasteiger partial charge in [-0.25, -0.2) is 0 Å². The molecule has 23 heavy (non-hydrogen) atoms. The molecule has 0 spiro atoms. The van der Waals surface area contributed by atoms with Crippen LogP contribution in [0.15, 0.2) is 42.5 Å². The van der Waals surface area contributed by atoms with E-state index in [-0.39, 0.29) is 0 Å². The minimum Gasteiger partial charge on any atom is -0.276 e. The number of carbonyl (C=O) groups excluding carboxylic acids is 1. The van der Waals surface area contributed by atoms with E-state index < -0.39 is 45.4 Å². The molecule has 0 bridgehead atoms. The van der Waals surface area contributed by atoms with Gasteiger partial charge in [0, 0.05) is 0 Å². The van der Waals surface area contributed by atoms with E-state index in [9.17, 15) is 31.1 Å². The average Bonchev–Trinajstić information content (AvgIpc) is 2.44. The lowest BCUT2D eigenvalue weighted by atomic mass is 9.92. The Morgan fingerprint density at radius 3 is 1.74 bits per heavy atom. The van der Waals surface area contributed by atoms with Gasteiger partial charge in [-0.3, -0.25) is 4.79 Å². The van der Waals surface area contributed by atoms with Crippen molar-refractivity contribution < 1.29 is 31.1 Å². The van der Waals surface area contributed by atoms with E-state index >= 15 is 0 Å². The predicted molar refractivity (Wildman–Crippen MR) is 72.1 cm³/mol. The summed E-state index contributed by atoms with van der Waals surface area (Å²) in [5.74, 6) is 0. The molecule has 8 heteroatoms. The van der Waals surface area contributed by atoms with Crippen molar-refractivity contribution in [1.82, 2.24) is 0 Å². The summed E-state index contributed by atoms with van der Waals surface area (Å²) in [5, 5.41) is -1.48. The maximum atomic E-state index is 13.1. The van der Waals surface area contributed by atoms with Crippen LogP contribution in [0.3, 0.4) is 0 Å². The third-order valence-electron chi connectivity index (χ3n) is 3.09. The van der Waals surface area contributed by atoms with Crippen molar-refractivity contribution in [1.29, 1.82) is 0 Å². The third-order valence-corrected chi connectivity index (χ3v) is 3.28. The molecule has 0 aliphatic carbocycles. The van der Waals surface area contributed by atoms with Gasteiger partial charge < -0.3 is 0 Å². The topological polar surface area (TPSA) is 17.1 Å². The number of halogens is 7. The first-order valence-electron chi connectivity index (χ1n) is 6.10. The summed E-state index contributed by atoms with van der Waals surface area (Å²) >= 11 is 5.22. The molecular weight excluding hydrogens is 346 g/mol. The molecule has 0 saturated carbocycles. The van der Waals surface area contributed by atoms with E-state index in [0.29, 0.717) is 6.07 Å². The summed E-state index contributed by atoms with van der Waals surface area (Å²) in [7, 11) is 0. The van der Waals surface area contributed by atoms with Gasteiger partial charge in [0.05, 0.1) is 16.7 Å². The van der Waals surface area contributed by atoms with Crippen molar-refractivity contribution in [2.24, 2.45) is 0 Å². The number of benzene rings is 2. The van der Waals surface area contributed by atoms with Gasteiger partial charge in [-0.15, -0.1) is 0 Å². The van der Waals surface area contributed by atoms with Crippen LogP contribution in [0.2, 0.25) is 0 Å². The van der Waals surface area contributed by atoms with Crippen LogP contribution in [0.4, 0.5) is 26.3 Å². The molecule has 0 amide bonds. The van der Waals surface area contributed by atoms with Crippen LogP contribution in [-0.4, -0.2) is 5.24 Å². The standard InChI is InChI=1S/C15H7ClF6O/c16-13(23)12-9(5-3-7-11(12)15(20,21)22)8-4-1-2-6-10(8)14(17,18)19/h1-7H. The Labute approximate surface area is 131 Å². The fourth-order valence-electron chi connectivity index (χ4n) is 2.19. The van der Waals surface area contributed by atoms with Gasteiger partial charge in [-0.1, -0.05) is 30.3 Å². The second-order valence-electron chi connectivity index (χ2n) is 4.54. The Morgan fingerprint density at radius 1 is 0.739 bits per heavy atom. The normalized spacial score (nSPS) is 12.3. The fraction of sp³-hybridized carbons (Fsp3) is 0.133. The molecule has 0 fully saturated rings. The fourth-order valence-corrected chi connectivity index (χ4v) is 2.39. The van der Waals surface area contributed by atoms with Crippen molar-refractivity contribution in [3.63, 3.8) is 0 Å². The van der Waals surface area contributed by atoms with Gasteiger partial charge in [0.15, 0.2) is 0 Å². The molecule has 122 valence electrons. The number of carbonyl (C=O) groups is 1. The van der Waals surface area contributed by atoms with Crippen LogP contribution in [0.1, 0.15) is 21.5 Å². The number of hydrogen-bond acceptors (Lipinski definition) is 1. The van der Waals surface area contributed by atoms with Crippen LogP contribution >= 0.6 is 11.6 Å². The van der Waals surface area contributed by atoms with Crippen molar-refractivity contribution >= 4 is 16.8 Å². The molecule has 2 aromatic carbocycles.